The van der Waals surface area contributed by atoms with Gasteiger partial charge in [0.15, 0.2) is 5.11 Å². The standard InChI is InChI=1S/C19H20ClN5O2S/c1-19(5-4-14(11-21)22-12-19)25-8-6-24(7-9-25)18(28)23-13-2-3-15(17(26)27)16(20)10-13/h2-5,10H,6-9,12H2,1H3,(H,23,28)(H,26,27). The number of aliphatic imine (C=N–C) groups is 1. The number of carbonyl (C=O) groups is 1. The third-order valence-corrected chi connectivity index (χ3v) is 5.70. The average molecular weight is 418 g/mol. The number of nitrogens with zero attached hydrogens (tertiary/aromatic N) is 4. The molecule has 1 aromatic carbocycles. The number of allylic oxidation sites excluding steroid dienone is 1. The molecular weight excluding hydrogens is 398 g/mol. The summed E-state index contributed by atoms with van der Waals surface area (Å²) in [5.74, 6) is -1.06. The highest BCUT2D eigenvalue weighted by Gasteiger charge is 2.33. The quantitative estimate of drug-likeness (QED) is 0.730. The Hall–Kier alpha value is -2.47. The Labute approximate surface area is 173 Å². The molecule has 1 saturated heterocycles. The van der Waals surface area contributed by atoms with Crippen LogP contribution in [0.4, 0.5) is 5.69 Å². The summed E-state index contributed by atoms with van der Waals surface area (Å²) in [5.41, 5.74) is 0.988. The lowest BCUT2D eigenvalue weighted by molar-refractivity contribution is 0.0697. The molecule has 0 aliphatic carbocycles. The number of aromatic carboxylic acids is 1. The first-order chi connectivity index (χ1) is 13.3. The van der Waals surface area contributed by atoms with E-state index in [1.165, 1.54) is 6.07 Å². The Kier molecular flexibility index (Phi) is 5.98. The summed E-state index contributed by atoms with van der Waals surface area (Å²) in [6.07, 6.45) is 3.84. The maximum Gasteiger partial charge on any atom is 0.337 e. The van der Waals surface area contributed by atoms with Gasteiger partial charge < -0.3 is 15.3 Å². The van der Waals surface area contributed by atoms with Crippen LogP contribution < -0.4 is 5.32 Å². The first kappa shape index (κ1) is 20.3. The number of nitrogens with one attached hydrogen (secondary N) is 1. The summed E-state index contributed by atoms with van der Waals surface area (Å²) in [4.78, 5) is 19.8. The van der Waals surface area contributed by atoms with E-state index in [4.69, 9.17) is 34.2 Å². The number of hydrogen-bond donors (Lipinski definition) is 2. The number of halogens is 1. The van der Waals surface area contributed by atoms with Gasteiger partial charge in [-0.25, -0.2) is 4.79 Å². The van der Waals surface area contributed by atoms with Gasteiger partial charge in [0.05, 0.1) is 22.7 Å². The Morgan fingerprint density at radius 2 is 2.11 bits per heavy atom. The van der Waals surface area contributed by atoms with Gasteiger partial charge in [-0.05, 0) is 43.4 Å². The van der Waals surface area contributed by atoms with E-state index in [1.54, 1.807) is 18.2 Å². The fourth-order valence-electron chi connectivity index (χ4n) is 3.28. The van der Waals surface area contributed by atoms with E-state index in [0.717, 1.165) is 26.2 Å². The number of nitriles is 1. The molecule has 2 N–H and O–H groups in total. The third-order valence-electron chi connectivity index (χ3n) is 5.02. The second-order valence-electron chi connectivity index (χ2n) is 6.91. The molecule has 0 radical (unpaired) electrons. The van der Waals surface area contributed by atoms with Crippen molar-refractivity contribution in [3.8, 4) is 6.07 Å². The number of hydrogen-bond acceptors (Lipinski definition) is 5. The number of dihydropyridines is 1. The Bertz CT molecular complexity index is 902. The minimum absolute atomic E-state index is 0.0581. The molecule has 1 fully saturated rings. The highest BCUT2D eigenvalue weighted by Crippen LogP contribution is 2.24. The van der Waals surface area contributed by atoms with E-state index in [0.29, 0.717) is 23.1 Å². The monoisotopic (exact) mass is 417 g/mol. The molecule has 0 bridgehead atoms. The molecule has 2 aliphatic heterocycles. The van der Waals surface area contributed by atoms with Gasteiger partial charge in [-0.3, -0.25) is 9.89 Å². The van der Waals surface area contributed by atoms with Crippen LogP contribution in [0, 0.1) is 11.3 Å². The van der Waals surface area contributed by atoms with E-state index in [-0.39, 0.29) is 16.1 Å². The summed E-state index contributed by atoms with van der Waals surface area (Å²) in [6.45, 7) is 5.84. The zero-order valence-electron chi connectivity index (χ0n) is 15.4. The molecular formula is C19H20ClN5O2S. The molecule has 2 heterocycles. The van der Waals surface area contributed by atoms with Crippen molar-refractivity contribution in [2.24, 2.45) is 4.99 Å². The molecule has 0 amide bonds. The number of anilines is 1. The molecule has 7 nitrogen and oxygen atoms in total. The minimum atomic E-state index is -1.06. The Morgan fingerprint density at radius 1 is 1.39 bits per heavy atom. The average Bonchev–Trinajstić information content (AvgIpc) is 2.68. The molecule has 9 heteroatoms. The van der Waals surface area contributed by atoms with Crippen LogP contribution in [0.5, 0.6) is 0 Å². The SMILES string of the molecule is CC1(N2CCN(C(=S)Nc3ccc(C(=O)O)c(Cl)c3)CC2)C=CC(C#N)=NC1. The van der Waals surface area contributed by atoms with Crippen molar-refractivity contribution in [2.45, 2.75) is 12.5 Å². The van der Waals surface area contributed by atoms with E-state index in [1.807, 2.05) is 0 Å². The maximum absolute atomic E-state index is 11.1. The minimum Gasteiger partial charge on any atom is -0.478 e. The van der Waals surface area contributed by atoms with Gasteiger partial charge in [0.25, 0.3) is 0 Å². The van der Waals surface area contributed by atoms with Gasteiger partial charge in [-0.2, -0.15) is 5.26 Å². The van der Waals surface area contributed by atoms with Gasteiger partial charge in [0, 0.05) is 31.9 Å². The first-order valence-electron chi connectivity index (χ1n) is 8.80. The molecule has 0 aromatic heterocycles. The predicted octanol–water partition coefficient (Wildman–Crippen LogP) is 2.65. The summed E-state index contributed by atoms with van der Waals surface area (Å²) in [5, 5.41) is 21.9. The fourth-order valence-corrected chi connectivity index (χ4v) is 3.84. The number of carboxylic acids is 1. The highest BCUT2D eigenvalue weighted by molar-refractivity contribution is 7.80. The van der Waals surface area contributed by atoms with E-state index in [9.17, 15) is 4.79 Å². The fraction of sp³-hybridized carbons (Fsp3) is 0.368. The molecule has 146 valence electrons. The van der Waals surface area contributed by atoms with E-state index >= 15 is 0 Å². The highest BCUT2D eigenvalue weighted by atomic mass is 35.5. The van der Waals surface area contributed by atoms with Gasteiger partial charge in [0.2, 0.25) is 0 Å². The van der Waals surface area contributed by atoms with Crippen LogP contribution >= 0.6 is 23.8 Å². The smallest absolute Gasteiger partial charge is 0.337 e. The molecule has 1 atom stereocenters. The van der Waals surface area contributed by atoms with Gasteiger partial charge in [-0.15, -0.1) is 0 Å². The topological polar surface area (TPSA) is 92.0 Å². The lowest BCUT2D eigenvalue weighted by Gasteiger charge is -2.45. The van der Waals surface area contributed by atoms with Crippen LogP contribution in [0.25, 0.3) is 0 Å². The van der Waals surface area contributed by atoms with Crippen LogP contribution in [0.2, 0.25) is 5.02 Å². The van der Waals surface area contributed by atoms with Crippen molar-refractivity contribution >= 4 is 46.3 Å². The molecule has 0 spiro atoms. The summed E-state index contributed by atoms with van der Waals surface area (Å²) in [6, 6.07) is 6.74. The molecule has 1 unspecified atom stereocenters. The van der Waals surface area contributed by atoms with E-state index < -0.39 is 5.97 Å². The van der Waals surface area contributed by atoms with Gasteiger partial charge >= 0.3 is 5.97 Å². The molecule has 3 rings (SSSR count). The van der Waals surface area contributed by atoms with Crippen LogP contribution in [-0.2, 0) is 0 Å². The lowest BCUT2D eigenvalue weighted by atomic mass is 9.95. The Morgan fingerprint density at radius 3 is 2.64 bits per heavy atom. The number of rotatable bonds is 3. The Balaban J connectivity index is 1.57. The van der Waals surface area contributed by atoms with Crippen molar-refractivity contribution in [3.05, 3.63) is 40.9 Å². The zero-order valence-corrected chi connectivity index (χ0v) is 16.9. The first-order valence-corrected chi connectivity index (χ1v) is 9.58. The summed E-state index contributed by atoms with van der Waals surface area (Å²) < 4.78 is 0. The second kappa shape index (κ2) is 8.27. The van der Waals surface area contributed by atoms with Crippen LogP contribution in [-0.4, -0.2) is 70.0 Å². The molecule has 28 heavy (non-hydrogen) atoms. The second-order valence-corrected chi connectivity index (χ2v) is 7.70. The lowest BCUT2D eigenvalue weighted by Crippen LogP contribution is -2.58. The van der Waals surface area contributed by atoms with Crippen LogP contribution in [0.15, 0.2) is 35.3 Å². The van der Waals surface area contributed by atoms with Crippen molar-refractivity contribution in [2.75, 3.05) is 38.0 Å². The number of thiocarbonyl (C=S) groups is 1. The van der Waals surface area contributed by atoms with E-state index in [2.05, 4.69) is 39.2 Å². The number of benzene rings is 1. The molecule has 1 aromatic rings. The van der Waals surface area contributed by atoms with Crippen molar-refractivity contribution in [3.63, 3.8) is 0 Å². The third kappa shape index (κ3) is 4.33. The van der Waals surface area contributed by atoms with Gasteiger partial charge in [-0.1, -0.05) is 17.7 Å². The normalized spacial score (nSPS) is 22.3. The largest absolute Gasteiger partial charge is 0.478 e. The van der Waals surface area contributed by atoms with Crippen molar-refractivity contribution < 1.29 is 9.90 Å². The summed E-state index contributed by atoms with van der Waals surface area (Å²) in [7, 11) is 0. The van der Waals surface area contributed by atoms with Crippen LogP contribution in [0.1, 0.15) is 17.3 Å². The molecule has 0 saturated carbocycles. The summed E-state index contributed by atoms with van der Waals surface area (Å²) >= 11 is 11.5. The molecule has 2 aliphatic rings. The van der Waals surface area contributed by atoms with Crippen molar-refractivity contribution in [1.82, 2.24) is 9.80 Å². The maximum atomic E-state index is 11.1. The van der Waals surface area contributed by atoms with Gasteiger partial charge in [0.1, 0.15) is 11.8 Å². The van der Waals surface area contributed by atoms with Crippen molar-refractivity contribution in [1.29, 1.82) is 5.26 Å². The zero-order chi connectivity index (χ0) is 20.3. The number of piperazine rings is 1. The predicted molar refractivity (Wildman–Crippen MR) is 113 cm³/mol. The number of carboxylic acid groups (broad SMARTS) is 1. The van der Waals surface area contributed by atoms with Crippen LogP contribution in [0.3, 0.4) is 0 Å².